The maximum absolute atomic E-state index is 5.43. The third-order valence-electron chi connectivity index (χ3n) is 4.57. The number of fused-ring (bicyclic) bond motifs is 1. The monoisotopic (exact) mass is 391 g/mol. The maximum Gasteiger partial charge on any atom is 0.229 e. The highest BCUT2D eigenvalue weighted by atomic mass is 16.5. The zero-order valence-electron chi connectivity index (χ0n) is 16.6. The third-order valence-corrected chi connectivity index (χ3v) is 4.57. The van der Waals surface area contributed by atoms with E-state index >= 15 is 0 Å². The van der Waals surface area contributed by atoms with Crippen molar-refractivity contribution in [2.75, 3.05) is 24.9 Å². The number of nitrogens with zero attached hydrogens (tertiary/aromatic N) is 3. The van der Waals surface area contributed by atoms with E-state index in [0.717, 1.165) is 45.1 Å². The van der Waals surface area contributed by atoms with E-state index in [1.54, 1.807) is 20.4 Å². The Kier molecular flexibility index (Phi) is 4.90. The Labute approximate surface area is 167 Å². The Morgan fingerprint density at radius 2 is 1.66 bits per heavy atom. The Morgan fingerprint density at radius 3 is 2.38 bits per heavy atom. The molecule has 148 valence electrons. The minimum Gasteiger partial charge on any atom is -0.496 e. The molecule has 29 heavy (non-hydrogen) atoms. The molecule has 0 aliphatic rings. The minimum absolute atomic E-state index is 0.452. The van der Waals surface area contributed by atoms with E-state index < -0.39 is 0 Å². The number of nitrogens with one attached hydrogen (secondary N) is 2. The molecule has 0 spiro atoms. The van der Waals surface area contributed by atoms with Crippen molar-refractivity contribution in [2.24, 2.45) is 0 Å². The van der Waals surface area contributed by atoms with Crippen molar-refractivity contribution in [3.63, 3.8) is 0 Å². The molecule has 0 saturated carbocycles. The first-order valence-electron chi connectivity index (χ1n) is 9.01. The highest BCUT2D eigenvalue weighted by molar-refractivity contribution is 5.78. The fourth-order valence-electron chi connectivity index (χ4n) is 2.99. The summed E-state index contributed by atoms with van der Waals surface area (Å²) in [6.07, 6.45) is 3.19. The van der Waals surface area contributed by atoms with Crippen LogP contribution in [0.2, 0.25) is 0 Å². The lowest BCUT2D eigenvalue weighted by Gasteiger charge is -2.14. The van der Waals surface area contributed by atoms with E-state index in [4.69, 9.17) is 13.9 Å². The number of oxazole rings is 1. The van der Waals surface area contributed by atoms with Gasteiger partial charge in [-0.05, 0) is 32.0 Å². The molecule has 2 heterocycles. The molecule has 0 atom stereocenters. The van der Waals surface area contributed by atoms with Crippen LogP contribution in [0.1, 0.15) is 11.1 Å². The van der Waals surface area contributed by atoms with Crippen molar-refractivity contribution in [1.82, 2.24) is 15.0 Å². The summed E-state index contributed by atoms with van der Waals surface area (Å²) in [6.45, 7) is 3.89. The van der Waals surface area contributed by atoms with Crippen LogP contribution in [0.25, 0.3) is 11.1 Å². The summed E-state index contributed by atoms with van der Waals surface area (Å²) >= 11 is 0. The first kappa shape index (κ1) is 18.5. The first-order chi connectivity index (χ1) is 14.1. The molecular weight excluding hydrogens is 370 g/mol. The topological polar surface area (TPSA) is 94.3 Å². The molecule has 8 heteroatoms. The van der Waals surface area contributed by atoms with Crippen molar-refractivity contribution < 1.29 is 13.9 Å². The van der Waals surface area contributed by atoms with Crippen LogP contribution in [0.5, 0.6) is 11.5 Å². The average molecular weight is 391 g/mol. The predicted octanol–water partition coefficient (Wildman–Crippen LogP) is 4.74. The Hall–Kier alpha value is -3.81. The van der Waals surface area contributed by atoms with Crippen LogP contribution < -0.4 is 20.1 Å². The molecule has 2 aromatic heterocycles. The largest absolute Gasteiger partial charge is 0.496 e. The molecule has 0 amide bonds. The lowest BCUT2D eigenvalue weighted by Crippen LogP contribution is -2.03. The van der Waals surface area contributed by atoms with Gasteiger partial charge in [-0.3, -0.25) is 0 Å². The summed E-state index contributed by atoms with van der Waals surface area (Å²) in [4.78, 5) is 13.2. The lowest BCUT2D eigenvalue weighted by molar-refractivity contribution is 0.389. The quantitative estimate of drug-likeness (QED) is 0.487. The Morgan fingerprint density at radius 1 is 0.897 bits per heavy atom. The van der Waals surface area contributed by atoms with E-state index in [0.29, 0.717) is 11.8 Å². The summed E-state index contributed by atoms with van der Waals surface area (Å²) in [5, 5.41) is 6.52. The maximum atomic E-state index is 5.43. The van der Waals surface area contributed by atoms with Crippen LogP contribution in [-0.4, -0.2) is 29.2 Å². The van der Waals surface area contributed by atoms with E-state index in [-0.39, 0.29) is 0 Å². The molecule has 8 nitrogen and oxygen atoms in total. The van der Waals surface area contributed by atoms with Gasteiger partial charge in [0, 0.05) is 40.8 Å². The molecule has 0 bridgehead atoms. The normalized spacial score (nSPS) is 10.8. The zero-order valence-corrected chi connectivity index (χ0v) is 16.6. The standard InChI is InChI=1S/C21H21N5O3/c1-12-10-22-21(25-15-8-18(27-3)13(2)19(9-15)28-4)26-20(12)24-14-5-6-17-16(7-14)23-11-29-17/h5-11H,1-4H3,(H2,22,24,25,26). The molecule has 0 radical (unpaired) electrons. The van der Waals surface area contributed by atoms with Gasteiger partial charge in [-0.25, -0.2) is 9.97 Å². The number of ether oxygens (including phenoxy) is 2. The van der Waals surface area contributed by atoms with Crippen molar-refractivity contribution in [3.05, 3.63) is 54.0 Å². The number of hydrogen-bond acceptors (Lipinski definition) is 8. The zero-order chi connectivity index (χ0) is 20.4. The van der Waals surface area contributed by atoms with Crippen LogP contribution >= 0.6 is 0 Å². The van der Waals surface area contributed by atoms with Gasteiger partial charge in [0.25, 0.3) is 0 Å². The molecule has 0 unspecified atom stereocenters. The second kappa shape index (κ2) is 7.67. The summed E-state index contributed by atoms with van der Waals surface area (Å²) in [6, 6.07) is 9.45. The van der Waals surface area contributed by atoms with Gasteiger partial charge >= 0.3 is 0 Å². The predicted molar refractivity (Wildman–Crippen MR) is 112 cm³/mol. The number of aromatic nitrogens is 3. The molecular formula is C21H21N5O3. The van der Waals surface area contributed by atoms with Gasteiger partial charge < -0.3 is 24.5 Å². The van der Waals surface area contributed by atoms with E-state index in [1.165, 1.54) is 6.39 Å². The smallest absolute Gasteiger partial charge is 0.229 e. The van der Waals surface area contributed by atoms with Crippen molar-refractivity contribution in [2.45, 2.75) is 13.8 Å². The SMILES string of the molecule is COc1cc(Nc2ncc(C)c(Nc3ccc4ocnc4c3)n2)cc(OC)c1C. The summed E-state index contributed by atoms with van der Waals surface area (Å²) in [5.74, 6) is 2.58. The summed E-state index contributed by atoms with van der Waals surface area (Å²) < 4.78 is 16.1. The summed E-state index contributed by atoms with van der Waals surface area (Å²) in [7, 11) is 3.25. The number of aryl methyl sites for hydroxylation is 1. The van der Waals surface area contributed by atoms with Crippen LogP contribution in [-0.2, 0) is 0 Å². The number of rotatable bonds is 6. The molecule has 0 fully saturated rings. The molecule has 4 rings (SSSR count). The Bertz CT molecular complexity index is 1150. The highest BCUT2D eigenvalue weighted by Gasteiger charge is 2.11. The fraction of sp³-hybridized carbons (Fsp3) is 0.190. The fourth-order valence-corrected chi connectivity index (χ4v) is 2.99. The molecule has 0 saturated heterocycles. The number of benzene rings is 2. The lowest BCUT2D eigenvalue weighted by atomic mass is 10.2. The van der Waals surface area contributed by atoms with Gasteiger partial charge in [0.2, 0.25) is 5.95 Å². The second-order valence-electron chi connectivity index (χ2n) is 6.52. The highest BCUT2D eigenvalue weighted by Crippen LogP contribution is 2.33. The van der Waals surface area contributed by atoms with E-state index in [9.17, 15) is 0 Å². The van der Waals surface area contributed by atoms with Gasteiger partial charge in [-0.2, -0.15) is 4.98 Å². The van der Waals surface area contributed by atoms with Gasteiger partial charge in [0.05, 0.1) is 14.2 Å². The molecule has 4 aromatic rings. The van der Waals surface area contributed by atoms with Gasteiger partial charge in [0.1, 0.15) is 22.8 Å². The summed E-state index contributed by atoms with van der Waals surface area (Å²) in [5.41, 5.74) is 4.98. The third kappa shape index (κ3) is 3.77. The van der Waals surface area contributed by atoms with E-state index in [1.807, 2.05) is 44.2 Å². The molecule has 0 aliphatic heterocycles. The molecule has 2 N–H and O–H groups in total. The van der Waals surface area contributed by atoms with E-state index in [2.05, 4.69) is 25.6 Å². The van der Waals surface area contributed by atoms with Crippen molar-refractivity contribution >= 4 is 34.2 Å². The van der Waals surface area contributed by atoms with Crippen LogP contribution in [0.15, 0.2) is 47.3 Å². The van der Waals surface area contributed by atoms with Gasteiger partial charge in [-0.1, -0.05) is 0 Å². The van der Waals surface area contributed by atoms with Gasteiger partial charge in [-0.15, -0.1) is 0 Å². The van der Waals surface area contributed by atoms with Crippen molar-refractivity contribution in [3.8, 4) is 11.5 Å². The molecule has 2 aromatic carbocycles. The van der Waals surface area contributed by atoms with Crippen molar-refractivity contribution in [1.29, 1.82) is 0 Å². The van der Waals surface area contributed by atoms with Crippen LogP contribution in [0.4, 0.5) is 23.1 Å². The Balaban J connectivity index is 1.61. The number of anilines is 4. The first-order valence-corrected chi connectivity index (χ1v) is 9.01. The second-order valence-corrected chi connectivity index (χ2v) is 6.52. The van der Waals surface area contributed by atoms with Gasteiger partial charge in [0.15, 0.2) is 12.0 Å². The number of methoxy groups -OCH3 is 2. The minimum atomic E-state index is 0.452. The van der Waals surface area contributed by atoms with Crippen LogP contribution in [0, 0.1) is 13.8 Å². The molecule has 0 aliphatic carbocycles. The van der Waals surface area contributed by atoms with Crippen LogP contribution in [0.3, 0.4) is 0 Å². The number of hydrogen-bond donors (Lipinski definition) is 2. The average Bonchev–Trinajstić information content (AvgIpc) is 3.19.